The monoisotopic (exact) mass is 638 g/mol. The van der Waals surface area contributed by atoms with Gasteiger partial charge in [0.05, 0.1) is 40.1 Å². The number of hydrogen-bond donors (Lipinski definition) is 2. The highest BCUT2D eigenvalue weighted by Gasteiger charge is 2.29. The van der Waals surface area contributed by atoms with E-state index in [1.807, 2.05) is 71.4 Å². The Hall–Kier alpha value is -4.16. The lowest BCUT2D eigenvalue weighted by Gasteiger charge is -2.40. The number of nitrogens with one attached hydrogen (secondary N) is 2. The summed E-state index contributed by atoms with van der Waals surface area (Å²) >= 11 is 13.1. The zero-order valence-electron chi connectivity index (χ0n) is 25.6. The van der Waals surface area contributed by atoms with Gasteiger partial charge in [-0.15, -0.1) is 5.10 Å². The molecule has 0 amide bonds. The molecule has 2 N–H and O–H groups in total. The number of nitrogens with zero attached hydrogens (tertiary/aromatic N) is 6. The summed E-state index contributed by atoms with van der Waals surface area (Å²) in [6, 6.07) is 23.9. The molecule has 3 aromatic carbocycles. The maximum Gasteiger partial charge on any atom is 0.109 e. The number of likely N-dealkylation sites (tertiary alicyclic amines) is 1. The Morgan fingerprint density at radius 1 is 1.02 bits per heavy atom. The number of anilines is 2. The SMILES string of the molecule is CC(C)(C)N1CCC(n2cc(C(Nc3cc(Cl)c4ncc(C#N)c(NCc5ccccc5)c4c3)c3ccc(Cl)cc3)nn2)CC1. The van der Waals surface area contributed by atoms with E-state index in [1.54, 1.807) is 6.20 Å². The first kappa shape index (κ1) is 30.8. The van der Waals surface area contributed by atoms with Gasteiger partial charge >= 0.3 is 0 Å². The highest BCUT2D eigenvalue weighted by atomic mass is 35.5. The number of nitriles is 1. The van der Waals surface area contributed by atoms with E-state index in [2.05, 4.69) is 63.9 Å². The molecule has 3 heterocycles. The van der Waals surface area contributed by atoms with Crippen LogP contribution in [-0.4, -0.2) is 43.5 Å². The van der Waals surface area contributed by atoms with Crippen LogP contribution in [0.4, 0.5) is 11.4 Å². The van der Waals surface area contributed by atoms with Crippen LogP contribution in [0.15, 0.2) is 79.1 Å². The van der Waals surface area contributed by atoms with Crippen LogP contribution in [-0.2, 0) is 6.54 Å². The third-order valence-corrected chi connectivity index (χ3v) is 9.02. The Kier molecular flexibility index (Phi) is 8.95. The van der Waals surface area contributed by atoms with Gasteiger partial charge in [0, 0.05) is 47.5 Å². The lowest BCUT2D eigenvalue weighted by atomic mass is 9.98. The zero-order chi connectivity index (χ0) is 31.6. The zero-order valence-corrected chi connectivity index (χ0v) is 27.1. The molecular formula is C35H36Cl2N8. The molecule has 1 atom stereocenters. The largest absolute Gasteiger partial charge is 0.379 e. The first-order valence-electron chi connectivity index (χ1n) is 15.2. The predicted octanol–water partition coefficient (Wildman–Crippen LogP) is 8.25. The van der Waals surface area contributed by atoms with Crippen LogP contribution < -0.4 is 10.6 Å². The molecule has 0 spiro atoms. The van der Waals surface area contributed by atoms with Crippen molar-refractivity contribution >= 4 is 45.5 Å². The van der Waals surface area contributed by atoms with E-state index in [9.17, 15) is 5.26 Å². The molecule has 1 saturated heterocycles. The predicted molar refractivity (Wildman–Crippen MR) is 182 cm³/mol. The third kappa shape index (κ3) is 6.91. The van der Waals surface area contributed by atoms with Gasteiger partial charge in [0.15, 0.2) is 0 Å². The minimum Gasteiger partial charge on any atom is -0.379 e. The molecule has 0 aliphatic carbocycles. The fraction of sp³-hybridized carbons (Fsp3) is 0.314. The van der Waals surface area contributed by atoms with Crippen LogP contribution in [0.25, 0.3) is 10.9 Å². The standard InChI is InChI=1S/C35H36Cl2N8/c1-35(2,3)44-15-13-28(14-16-44)45-22-31(42-43-45)33(24-9-11-26(36)12-10-24)41-27-17-29-32(39-20-23-7-5-4-6-8-23)25(19-38)21-40-34(29)30(37)18-27/h4-12,17-18,21-22,28,33,41H,13-16,20H2,1-3H3,(H,39,40). The summed E-state index contributed by atoms with van der Waals surface area (Å²) in [5.74, 6) is 0. The molecule has 0 saturated carbocycles. The van der Waals surface area contributed by atoms with Gasteiger partial charge in [-0.3, -0.25) is 9.88 Å². The van der Waals surface area contributed by atoms with Crippen molar-refractivity contribution in [3.05, 3.63) is 112 Å². The van der Waals surface area contributed by atoms with Gasteiger partial charge in [0.25, 0.3) is 0 Å². The van der Waals surface area contributed by atoms with E-state index < -0.39 is 0 Å². The molecule has 1 aliphatic rings. The van der Waals surface area contributed by atoms with Crippen LogP contribution in [0.2, 0.25) is 10.0 Å². The summed E-state index contributed by atoms with van der Waals surface area (Å²) in [4.78, 5) is 7.05. The summed E-state index contributed by atoms with van der Waals surface area (Å²) < 4.78 is 2.02. The number of piperidine rings is 1. The molecule has 1 aliphatic heterocycles. The van der Waals surface area contributed by atoms with Gasteiger partial charge in [-0.25, -0.2) is 4.68 Å². The number of fused-ring (bicyclic) bond motifs is 1. The van der Waals surface area contributed by atoms with Crippen molar-refractivity contribution < 1.29 is 0 Å². The van der Waals surface area contributed by atoms with Crippen LogP contribution in [0, 0.1) is 11.3 Å². The van der Waals surface area contributed by atoms with Crippen molar-refractivity contribution in [3.63, 3.8) is 0 Å². The fourth-order valence-corrected chi connectivity index (χ4v) is 6.35. The minimum absolute atomic E-state index is 0.156. The second-order valence-electron chi connectivity index (χ2n) is 12.5. The maximum atomic E-state index is 9.93. The van der Waals surface area contributed by atoms with Crippen molar-refractivity contribution in [1.29, 1.82) is 5.26 Å². The average molecular weight is 640 g/mol. The van der Waals surface area contributed by atoms with Gasteiger partial charge < -0.3 is 10.6 Å². The van der Waals surface area contributed by atoms with Crippen molar-refractivity contribution in [1.82, 2.24) is 24.9 Å². The van der Waals surface area contributed by atoms with E-state index in [0.717, 1.165) is 53.8 Å². The number of hydrogen-bond acceptors (Lipinski definition) is 7. The smallest absolute Gasteiger partial charge is 0.109 e. The van der Waals surface area contributed by atoms with Gasteiger partial charge in [0.1, 0.15) is 11.8 Å². The quantitative estimate of drug-likeness (QED) is 0.177. The van der Waals surface area contributed by atoms with E-state index >= 15 is 0 Å². The highest BCUT2D eigenvalue weighted by molar-refractivity contribution is 6.36. The van der Waals surface area contributed by atoms with Crippen LogP contribution in [0.1, 0.15) is 68.1 Å². The maximum absolute atomic E-state index is 9.93. The number of halogens is 2. The summed E-state index contributed by atoms with van der Waals surface area (Å²) in [5.41, 5.74) is 5.54. The van der Waals surface area contributed by atoms with E-state index in [1.165, 1.54) is 0 Å². The summed E-state index contributed by atoms with van der Waals surface area (Å²) in [6.45, 7) is 9.40. The molecule has 2 aromatic heterocycles. The first-order valence-corrected chi connectivity index (χ1v) is 15.9. The molecule has 1 unspecified atom stereocenters. The Morgan fingerprint density at radius 2 is 1.76 bits per heavy atom. The second kappa shape index (κ2) is 13.1. The third-order valence-electron chi connectivity index (χ3n) is 8.48. The lowest BCUT2D eigenvalue weighted by molar-refractivity contribution is 0.0866. The molecule has 6 rings (SSSR count). The molecule has 0 bridgehead atoms. The van der Waals surface area contributed by atoms with Crippen molar-refractivity contribution in [2.24, 2.45) is 0 Å². The summed E-state index contributed by atoms with van der Waals surface area (Å²) in [5, 5.41) is 28.2. The number of benzene rings is 3. The van der Waals surface area contributed by atoms with Gasteiger partial charge in [0.2, 0.25) is 0 Å². The van der Waals surface area contributed by atoms with Gasteiger partial charge in [-0.2, -0.15) is 5.26 Å². The first-order chi connectivity index (χ1) is 21.7. The molecule has 5 aromatic rings. The van der Waals surface area contributed by atoms with Crippen molar-refractivity contribution in [2.75, 3.05) is 23.7 Å². The number of aromatic nitrogens is 4. The molecule has 0 radical (unpaired) electrons. The van der Waals surface area contributed by atoms with Gasteiger partial charge in [-0.1, -0.05) is 70.9 Å². The summed E-state index contributed by atoms with van der Waals surface area (Å²) in [6.07, 6.45) is 5.66. The molecular weight excluding hydrogens is 603 g/mol. The second-order valence-corrected chi connectivity index (χ2v) is 13.3. The lowest BCUT2D eigenvalue weighted by Crippen LogP contribution is -2.46. The minimum atomic E-state index is -0.327. The normalized spacial score (nSPS) is 15.1. The van der Waals surface area contributed by atoms with E-state index in [0.29, 0.717) is 39.4 Å². The Morgan fingerprint density at radius 3 is 2.44 bits per heavy atom. The molecule has 45 heavy (non-hydrogen) atoms. The fourth-order valence-electron chi connectivity index (χ4n) is 5.96. The molecule has 1 fully saturated rings. The van der Waals surface area contributed by atoms with Gasteiger partial charge in [-0.05, 0) is 69.0 Å². The average Bonchev–Trinajstić information content (AvgIpc) is 3.53. The highest BCUT2D eigenvalue weighted by Crippen LogP contribution is 2.36. The molecule has 8 nitrogen and oxygen atoms in total. The van der Waals surface area contributed by atoms with E-state index in [-0.39, 0.29) is 11.6 Å². The number of pyridine rings is 1. The molecule has 230 valence electrons. The van der Waals surface area contributed by atoms with Crippen molar-refractivity contribution in [3.8, 4) is 6.07 Å². The molecule has 10 heteroatoms. The van der Waals surface area contributed by atoms with Crippen LogP contribution in [0.3, 0.4) is 0 Å². The Labute approximate surface area is 274 Å². The topological polar surface area (TPSA) is 94.7 Å². The van der Waals surface area contributed by atoms with Crippen LogP contribution >= 0.6 is 23.2 Å². The Balaban J connectivity index is 1.33. The van der Waals surface area contributed by atoms with E-state index in [4.69, 9.17) is 23.2 Å². The summed E-state index contributed by atoms with van der Waals surface area (Å²) in [7, 11) is 0. The Bertz CT molecular complexity index is 1820. The number of rotatable bonds is 8. The van der Waals surface area contributed by atoms with Crippen molar-refractivity contribution in [2.45, 2.75) is 57.8 Å². The van der Waals surface area contributed by atoms with Crippen LogP contribution in [0.5, 0.6) is 0 Å².